The van der Waals surface area contributed by atoms with Crippen LogP contribution >= 0.6 is 0 Å². The molecule has 0 amide bonds. The molecule has 140 valence electrons. The van der Waals surface area contributed by atoms with E-state index < -0.39 is 5.60 Å². The van der Waals surface area contributed by atoms with E-state index in [9.17, 15) is 5.11 Å². The van der Waals surface area contributed by atoms with E-state index in [4.69, 9.17) is 9.47 Å². The van der Waals surface area contributed by atoms with Gasteiger partial charge in [-0.25, -0.2) is 0 Å². The molecule has 2 heterocycles. The van der Waals surface area contributed by atoms with Gasteiger partial charge in [-0.3, -0.25) is 9.88 Å². The zero-order valence-electron chi connectivity index (χ0n) is 15.4. The second-order valence-electron chi connectivity index (χ2n) is 6.78. The van der Waals surface area contributed by atoms with Crippen molar-refractivity contribution in [1.29, 1.82) is 0 Å². The molecular formula is C21H28N2O3. The van der Waals surface area contributed by atoms with Crippen LogP contribution in [0.2, 0.25) is 0 Å². The SMILES string of the molecule is CCCOc1ccc(OCCN2CCC(O)(c3cccnc3)CC2)cc1. The highest BCUT2D eigenvalue weighted by Gasteiger charge is 2.33. The van der Waals surface area contributed by atoms with Crippen LogP contribution < -0.4 is 9.47 Å². The molecule has 0 aliphatic carbocycles. The maximum absolute atomic E-state index is 10.8. The lowest BCUT2D eigenvalue weighted by Crippen LogP contribution is -2.43. The number of rotatable bonds is 8. The van der Waals surface area contributed by atoms with Crippen molar-refractivity contribution in [2.24, 2.45) is 0 Å². The van der Waals surface area contributed by atoms with E-state index in [1.54, 1.807) is 12.4 Å². The molecule has 0 saturated carbocycles. The van der Waals surface area contributed by atoms with Crippen LogP contribution in [0.25, 0.3) is 0 Å². The fourth-order valence-electron chi connectivity index (χ4n) is 3.22. The summed E-state index contributed by atoms with van der Waals surface area (Å²) in [6.45, 7) is 6.05. The van der Waals surface area contributed by atoms with Gasteiger partial charge in [-0.1, -0.05) is 13.0 Å². The first-order valence-electron chi connectivity index (χ1n) is 9.40. The maximum Gasteiger partial charge on any atom is 0.119 e. The monoisotopic (exact) mass is 356 g/mol. The molecule has 1 aliphatic rings. The minimum absolute atomic E-state index is 0.639. The predicted octanol–water partition coefficient (Wildman–Crippen LogP) is 3.23. The largest absolute Gasteiger partial charge is 0.494 e. The van der Waals surface area contributed by atoms with Crippen molar-refractivity contribution in [2.75, 3.05) is 32.8 Å². The average Bonchev–Trinajstić information content (AvgIpc) is 2.70. The molecule has 5 nitrogen and oxygen atoms in total. The number of aliphatic hydroxyl groups is 1. The van der Waals surface area contributed by atoms with Crippen molar-refractivity contribution < 1.29 is 14.6 Å². The smallest absolute Gasteiger partial charge is 0.119 e. The Morgan fingerprint density at radius 1 is 1.04 bits per heavy atom. The van der Waals surface area contributed by atoms with E-state index >= 15 is 0 Å². The predicted molar refractivity (Wildman–Crippen MR) is 102 cm³/mol. The zero-order valence-corrected chi connectivity index (χ0v) is 15.4. The normalized spacial score (nSPS) is 17.0. The first kappa shape index (κ1) is 18.7. The van der Waals surface area contributed by atoms with Crippen LogP contribution in [0.3, 0.4) is 0 Å². The van der Waals surface area contributed by atoms with Crippen LogP contribution in [0.5, 0.6) is 11.5 Å². The number of aromatic nitrogens is 1. The van der Waals surface area contributed by atoms with E-state index in [0.29, 0.717) is 6.61 Å². The summed E-state index contributed by atoms with van der Waals surface area (Å²) >= 11 is 0. The van der Waals surface area contributed by atoms with Crippen LogP contribution in [-0.4, -0.2) is 47.8 Å². The minimum atomic E-state index is -0.750. The molecule has 0 atom stereocenters. The number of ether oxygens (including phenoxy) is 2. The number of nitrogens with zero attached hydrogens (tertiary/aromatic N) is 2. The summed E-state index contributed by atoms with van der Waals surface area (Å²) in [5.74, 6) is 1.74. The van der Waals surface area contributed by atoms with E-state index in [1.807, 2.05) is 36.4 Å². The summed E-state index contributed by atoms with van der Waals surface area (Å²) in [5.41, 5.74) is 0.168. The van der Waals surface area contributed by atoms with Crippen molar-refractivity contribution >= 4 is 0 Å². The van der Waals surface area contributed by atoms with Crippen LogP contribution in [0, 0.1) is 0 Å². The third kappa shape index (κ3) is 4.96. The molecule has 0 radical (unpaired) electrons. The summed E-state index contributed by atoms with van der Waals surface area (Å²) in [7, 11) is 0. The fraction of sp³-hybridized carbons (Fsp3) is 0.476. The lowest BCUT2D eigenvalue weighted by Gasteiger charge is -2.38. The second kappa shape index (κ2) is 9.01. The van der Waals surface area contributed by atoms with Crippen molar-refractivity contribution in [1.82, 2.24) is 9.88 Å². The molecule has 1 fully saturated rings. The Hall–Kier alpha value is -2.11. The van der Waals surface area contributed by atoms with Gasteiger partial charge in [0.1, 0.15) is 18.1 Å². The van der Waals surface area contributed by atoms with Crippen LogP contribution in [0.15, 0.2) is 48.8 Å². The molecule has 5 heteroatoms. The van der Waals surface area contributed by atoms with E-state index in [-0.39, 0.29) is 0 Å². The highest BCUT2D eigenvalue weighted by Crippen LogP contribution is 2.32. The summed E-state index contributed by atoms with van der Waals surface area (Å²) in [5, 5.41) is 10.8. The molecule has 2 aromatic rings. The van der Waals surface area contributed by atoms with Crippen molar-refractivity contribution in [3.8, 4) is 11.5 Å². The number of hydrogen-bond acceptors (Lipinski definition) is 5. The molecule has 1 aromatic carbocycles. The van der Waals surface area contributed by atoms with Gasteiger partial charge in [-0.05, 0) is 49.6 Å². The molecule has 0 unspecified atom stereocenters. The molecule has 1 aromatic heterocycles. The average molecular weight is 356 g/mol. The molecule has 3 rings (SSSR count). The quantitative estimate of drug-likeness (QED) is 0.787. The Morgan fingerprint density at radius 2 is 1.69 bits per heavy atom. The van der Waals surface area contributed by atoms with Gasteiger partial charge in [0.15, 0.2) is 0 Å². The summed E-state index contributed by atoms with van der Waals surface area (Å²) in [4.78, 5) is 6.46. The number of benzene rings is 1. The Bertz CT molecular complexity index is 653. The fourth-order valence-corrected chi connectivity index (χ4v) is 3.22. The van der Waals surface area contributed by atoms with Gasteiger partial charge in [0.2, 0.25) is 0 Å². The number of pyridine rings is 1. The Labute approximate surface area is 155 Å². The summed E-state index contributed by atoms with van der Waals surface area (Å²) in [6.07, 6.45) is 5.96. The third-order valence-electron chi connectivity index (χ3n) is 4.85. The van der Waals surface area contributed by atoms with Gasteiger partial charge in [0.25, 0.3) is 0 Å². The van der Waals surface area contributed by atoms with Crippen molar-refractivity contribution in [3.05, 3.63) is 54.4 Å². The van der Waals surface area contributed by atoms with Gasteiger partial charge in [0.05, 0.1) is 12.2 Å². The second-order valence-corrected chi connectivity index (χ2v) is 6.78. The number of hydrogen-bond donors (Lipinski definition) is 1. The summed E-state index contributed by atoms with van der Waals surface area (Å²) < 4.78 is 11.4. The molecule has 1 aliphatic heterocycles. The van der Waals surface area contributed by atoms with Crippen molar-refractivity contribution in [3.63, 3.8) is 0 Å². The molecule has 0 spiro atoms. The van der Waals surface area contributed by atoms with Gasteiger partial charge in [-0.2, -0.15) is 0 Å². The Kier molecular flexibility index (Phi) is 6.47. The van der Waals surface area contributed by atoms with Gasteiger partial charge in [-0.15, -0.1) is 0 Å². The van der Waals surface area contributed by atoms with E-state index in [2.05, 4.69) is 16.8 Å². The molecule has 1 N–H and O–H groups in total. The number of likely N-dealkylation sites (tertiary alicyclic amines) is 1. The lowest BCUT2D eigenvalue weighted by molar-refractivity contribution is -0.0280. The van der Waals surface area contributed by atoms with E-state index in [0.717, 1.165) is 62.6 Å². The van der Waals surface area contributed by atoms with Crippen LogP contribution in [-0.2, 0) is 5.60 Å². The molecular weight excluding hydrogens is 328 g/mol. The standard InChI is InChI=1S/C21H28N2O3/c1-2-15-25-19-5-7-20(8-6-19)26-16-14-23-12-9-21(24,10-13-23)18-4-3-11-22-17-18/h3-8,11,17,24H,2,9-10,12-16H2,1H3. The Morgan fingerprint density at radius 3 is 2.27 bits per heavy atom. The topological polar surface area (TPSA) is 54.8 Å². The minimum Gasteiger partial charge on any atom is -0.494 e. The van der Waals surface area contributed by atoms with E-state index in [1.165, 1.54) is 0 Å². The molecule has 26 heavy (non-hydrogen) atoms. The maximum atomic E-state index is 10.8. The van der Waals surface area contributed by atoms with Gasteiger partial charge in [0, 0.05) is 37.6 Å². The highest BCUT2D eigenvalue weighted by atomic mass is 16.5. The molecule has 1 saturated heterocycles. The van der Waals surface area contributed by atoms with Gasteiger partial charge >= 0.3 is 0 Å². The lowest BCUT2D eigenvalue weighted by atomic mass is 9.85. The number of piperidine rings is 1. The van der Waals surface area contributed by atoms with Gasteiger partial charge < -0.3 is 14.6 Å². The zero-order chi connectivity index (χ0) is 18.2. The first-order valence-corrected chi connectivity index (χ1v) is 9.40. The van der Waals surface area contributed by atoms with Crippen LogP contribution in [0.4, 0.5) is 0 Å². The first-order chi connectivity index (χ1) is 12.7. The van der Waals surface area contributed by atoms with Crippen LogP contribution in [0.1, 0.15) is 31.7 Å². The highest BCUT2D eigenvalue weighted by molar-refractivity contribution is 5.31. The third-order valence-corrected chi connectivity index (χ3v) is 4.85. The Balaban J connectivity index is 1.40. The summed E-state index contributed by atoms with van der Waals surface area (Å²) in [6, 6.07) is 11.6. The van der Waals surface area contributed by atoms with Crippen molar-refractivity contribution in [2.45, 2.75) is 31.8 Å². The molecule has 0 bridgehead atoms.